The van der Waals surface area contributed by atoms with E-state index >= 15 is 0 Å². The summed E-state index contributed by atoms with van der Waals surface area (Å²) in [5, 5.41) is 6.77. The van der Waals surface area contributed by atoms with Crippen LogP contribution < -0.4 is 10.6 Å². The van der Waals surface area contributed by atoms with Crippen LogP contribution in [0.3, 0.4) is 0 Å². The normalized spacial score (nSPS) is 17.1. The van der Waals surface area contributed by atoms with E-state index in [-0.39, 0.29) is 11.6 Å². The van der Waals surface area contributed by atoms with Crippen molar-refractivity contribution >= 4 is 11.6 Å². The maximum absolute atomic E-state index is 12.3. The third-order valence-corrected chi connectivity index (χ3v) is 3.41. The first kappa shape index (κ1) is 13.9. The molecule has 1 amide bonds. The number of carbonyl (C=O) groups excluding carboxylic acids is 1. The van der Waals surface area contributed by atoms with E-state index < -0.39 is 0 Å². The van der Waals surface area contributed by atoms with Crippen LogP contribution >= 0.6 is 0 Å². The van der Waals surface area contributed by atoms with Crippen LogP contribution in [0, 0.1) is 11.8 Å². The van der Waals surface area contributed by atoms with Gasteiger partial charge in [0.05, 0.1) is 5.56 Å². The molecule has 0 aromatic heterocycles. The highest BCUT2D eigenvalue weighted by Crippen LogP contribution is 2.32. The van der Waals surface area contributed by atoms with Gasteiger partial charge in [-0.15, -0.1) is 0 Å². The molecule has 0 aliphatic carbocycles. The summed E-state index contributed by atoms with van der Waals surface area (Å²) in [6, 6.07) is 7.73. The van der Waals surface area contributed by atoms with Crippen molar-refractivity contribution in [2.24, 2.45) is 11.8 Å². The lowest BCUT2D eigenvalue weighted by Gasteiger charge is -2.42. The molecule has 2 N–H and O–H groups in total. The van der Waals surface area contributed by atoms with Crippen LogP contribution in [-0.2, 0) is 0 Å². The van der Waals surface area contributed by atoms with Gasteiger partial charge < -0.3 is 10.6 Å². The molecule has 0 radical (unpaired) electrons. The van der Waals surface area contributed by atoms with E-state index in [1.807, 2.05) is 24.3 Å². The zero-order valence-corrected chi connectivity index (χ0v) is 12.3. The highest BCUT2D eigenvalue weighted by molar-refractivity contribution is 6.02. The number of hydrogen-bond acceptors (Lipinski definition) is 2. The van der Waals surface area contributed by atoms with Gasteiger partial charge in [-0.2, -0.15) is 0 Å². The Morgan fingerprint density at radius 2 is 1.58 bits per heavy atom. The quantitative estimate of drug-likeness (QED) is 0.868. The largest absolute Gasteiger partial charge is 0.362 e. The second-order valence-electron chi connectivity index (χ2n) is 6.40. The molecule has 19 heavy (non-hydrogen) atoms. The number of hydrogen-bond donors (Lipinski definition) is 2. The number of carbonyl (C=O) groups is 1. The highest BCUT2D eigenvalue weighted by Gasteiger charge is 2.38. The summed E-state index contributed by atoms with van der Waals surface area (Å²) < 4.78 is 0. The number of rotatable bonds is 4. The van der Waals surface area contributed by atoms with Crippen molar-refractivity contribution in [2.75, 3.05) is 5.32 Å². The first-order valence-electron chi connectivity index (χ1n) is 7.11. The Morgan fingerprint density at radius 1 is 1.00 bits per heavy atom. The monoisotopic (exact) mass is 260 g/mol. The first-order chi connectivity index (χ1) is 8.92. The van der Waals surface area contributed by atoms with Crippen molar-refractivity contribution in [3.63, 3.8) is 0 Å². The Labute approximate surface area is 115 Å². The van der Waals surface area contributed by atoms with Crippen molar-refractivity contribution in [3.8, 4) is 0 Å². The van der Waals surface area contributed by atoms with Crippen LogP contribution in [0.1, 0.15) is 50.9 Å². The molecule has 0 saturated heterocycles. The van der Waals surface area contributed by atoms with Crippen molar-refractivity contribution < 1.29 is 4.79 Å². The van der Waals surface area contributed by atoms with Gasteiger partial charge in [0.2, 0.25) is 0 Å². The third kappa shape index (κ3) is 3.09. The number of para-hydroxylation sites is 1. The molecule has 0 unspecified atom stereocenters. The fourth-order valence-corrected chi connectivity index (χ4v) is 3.05. The molecule has 1 aromatic rings. The SMILES string of the molecule is CC(C)CC1(CC(C)C)NC(=O)c2ccccc2N1. The average molecular weight is 260 g/mol. The number of amides is 1. The minimum atomic E-state index is -0.312. The molecule has 1 heterocycles. The maximum Gasteiger partial charge on any atom is 0.255 e. The summed E-state index contributed by atoms with van der Waals surface area (Å²) in [5.41, 5.74) is 1.38. The fraction of sp³-hybridized carbons (Fsp3) is 0.562. The zero-order valence-electron chi connectivity index (χ0n) is 12.3. The Kier molecular flexibility index (Phi) is 3.83. The number of fused-ring (bicyclic) bond motifs is 1. The van der Waals surface area contributed by atoms with E-state index in [0.717, 1.165) is 24.1 Å². The van der Waals surface area contributed by atoms with Crippen molar-refractivity contribution in [1.29, 1.82) is 0 Å². The summed E-state index contributed by atoms with van der Waals surface area (Å²) in [5.74, 6) is 1.09. The Hall–Kier alpha value is -1.51. The van der Waals surface area contributed by atoms with Crippen LogP contribution in [-0.4, -0.2) is 11.6 Å². The molecule has 1 aromatic carbocycles. The molecule has 0 atom stereocenters. The minimum Gasteiger partial charge on any atom is -0.362 e. The predicted molar refractivity (Wildman–Crippen MR) is 79.2 cm³/mol. The van der Waals surface area contributed by atoms with Crippen molar-refractivity contribution in [3.05, 3.63) is 29.8 Å². The molecule has 0 saturated carbocycles. The second-order valence-corrected chi connectivity index (χ2v) is 6.40. The van der Waals surface area contributed by atoms with Gasteiger partial charge in [0.1, 0.15) is 5.66 Å². The van der Waals surface area contributed by atoms with E-state index in [1.54, 1.807) is 0 Å². The number of nitrogens with one attached hydrogen (secondary N) is 2. The Bertz CT molecular complexity index is 456. The third-order valence-electron chi connectivity index (χ3n) is 3.41. The molecule has 0 bridgehead atoms. The van der Waals surface area contributed by atoms with E-state index in [4.69, 9.17) is 0 Å². The van der Waals surface area contributed by atoms with E-state index in [2.05, 4.69) is 38.3 Å². The Morgan fingerprint density at radius 3 is 2.16 bits per heavy atom. The molecule has 0 spiro atoms. The molecule has 104 valence electrons. The predicted octanol–water partition coefficient (Wildman–Crippen LogP) is 3.63. The zero-order chi connectivity index (χ0) is 14.0. The van der Waals surface area contributed by atoms with Gasteiger partial charge in [0.25, 0.3) is 5.91 Å². The van der Waals surface area contributed by atoms with Gasteiger partial charge in [-0.25, -0.2) is 0 Å². The van der Waals surface area contributed by atoms with E-state index in [0.29, 0.717) is 11.8 Å². The van der Waals surface area contributed by atoms with Crippen LogP contribution in [0.25, 0.3) is 0 Å². The minimum absolute atomic E-state index is 0.0376. The topological polar surface area (TPSA) is 41.1 Å². The molecule has 3 nitrogen and oxygen atoms in total. The van der Waals surface area contributed by atoms with Gasteiger partial charge in [-0.3, -0.25) is 4.79 Å². The van der Waals surface area contributed by atoms with Gasteiger partial charge in [-0.1, -0.05) is 39.8 Å². The van der Waals surface area contributed by atoms with Crippen molar-refractivity contribution in [2.45, 2.75) is 46.2 Å². The van der Waals surface area contributed by atoms with Crippen LogP contribution in [0.2, 0.25) is 0 Å². The molecule has 3 heteroatoms. The molecule has 1 aliphatic heterocycles. The highest BCUT2D eigenvalue weighted by atomic mass is 16.2. The number of benzene rings is 1. The first-order valence-corrected chi connectivity index (χ1v) is 7.11. The molecule has 0 fully saturated rings. The summed E-state index contributed by atoms with van der Waals surface area (Å²) in [6.07, 6.45) is 1.87. The second kappa shape index (κ2) is 5.24. The maximum atomic E-state index is 12.3. The van der Waals surface area contributed by atoms with Gasteiger partial charge in [0, 0.05) is 5.69 Å². The van der Waals surface area contributed by atoms with Crippen molar-refractivity contribution in [1.82, 2.24) is 5.32 Å². The summed E-state index contributed by atoms with van der Waals surface area (Å²) >= 11 is 0. The van der Waals surface area contributed by atoms with Crippen LogP contribution in [0.5, 0.6) is 0 Å². The summed E-state index contributed by atoms with van der Waals surface area (Å²) in [4.78, 5) is 12.3. The molecule has 2 rings (SSSR count). The molecular weight excluding hydrogens is 236 g/mol. The van der Waals surface area contributed by atoms with Crippen LogP contribution in [0.4, 0.5) is 5.69 Å². The van der Waals surface area contributed by atoms with E-state index in [9.17, 15) is 4.79 Å². The lowest BCUT2D eigenvalue weighted by Crippen LogP contribution is -2.58. The standard InChI is InChI=1S/C16H24N2O/c1-11(2)9-16(10-12(3)4)17-14-8-6-5-7-13(14)15(19)18-16/h5-8,11-12,17H,9-10H2,1-4H3,(H,18,19). The molecule has 1 aliphatic rings. The average Bonchev–Trinajstić information content (AvgIpc) is 2.26. The molecular formula is C16H24N2O. The van der Waals surface area contributed by atoms with Crippen LogP contribution in [0.15, 0.2) is 24.3 Å². The smallest absolute Gasteiger partial charge is 0.255 e. The number of anilines is 1. The van der Waals surface area contributed by atoms with E-state index in [1.165, 1.54) is 0 Å². The lowest BCUT2D eigenvalue weighted by molar-refractivity contribution is 0.0873. The van der Waals surface area contributed by atoms with Gasteiger partial charge in [0.15, 0.2) is 0 Å². The summed E-state index contributed by atoms with van der Waals surface area (Å²) in [6.45, 7) is 8.76. The lowest BCUT2D eigenvalue weighted by atomic mass is 9.86. The Balaban J connectivity index is 2.34. The van der Waals surface area contributed by atoms with Gasteiger partial charge in [-0.05, 0) is 36.8 Å². The summed E-state index contributed by atoms with van der Waals surface area (Å²) in [7, 11) is 0. The fourth-order valence-electron chi connectivity index (χ4n) is 3.05. The van der Waals surface area contributed by atoms with Gasteiger partial charge >= 0.3 is 0 Å².